The van der Waals surface area contributed by atoms with E-state index in [0.717, 1.165) is 6.07 Å². The molecule has 0 fully saturated rings. The van der Waals surface area contributed by atoms with Crippen molar-refractivity contribution < 1.29 is 17.5 Å². The van der Waals surface area contributed by atoms with Gasteiger partial charge in [0.2, 0.25) is 0 Å². The number of aromatic nitrogens is 2. The molecule has 2 rings (SSSR count). The first-order valence-electron chi connectivity index (χ1n) is 5.75. The topological polar surface area (TPSA) is 81.2 Å². The predicted octanol–water partition coefficient (Wildman–Crippen LogP) is 1.82. The molecule has 1 aromatic carbocycles. The van der Waals surface area contributed by atoms with Crippen LogP contribution in [0.25, 0.3) is 0 Å². The van der Waals surface area contributed by atoms with Crippen LogP contribution in [-0.4, -0.2) is 25.0 Å². The predicted molar refractivity (Wildman–Crippen MR) is 70.4 cm³/mol. The van der Waals surface area contributed by atoms with E-state index in [1.807, 2.05) is 0 Å². The summed E-state index contributed by atoms with van der Waals surface area (Å²) in [6, 6.07) is 5.23. The molecule has 2 aromatic rings. The van der Waals surface area contributed by atoms with Gasteiger partial charge in [-0.15, -0.1) is 0 Å². The normalized spacial score (nSPS) is 11.1. The molecule has 1 aromatic heterocycles. The second-order valence-electron chi connectivity index (χ2n) is 3.72. The van der Waals surface area contributed by atoms with Crippen LogP contribution in [0, 0.1) is 5.82 Å². The monoisotopic (exact) mass is 297 g/mol. The lowest BCUT2D eigenvalue weighted by Gasteiger charge is -2.08. The molecule has 6 nitrogen and oxygen atoms in total. The van der Waals surface area contributed by atoms with E-state index in [2.05, 4.69) is 14.7 Å². The Hall–Kier alpha value is -2.22. The number of anilines is 1. The van der Waals surface area contributed by atoms with Crippen LogP contribution in [0.3, 0.4) is 0 Å². The van der Waals surface area contributed by atoms with Crippen molar-refractivity contribution in [1.29, 1.82) is 0 Å². The SMILES string of the molecule is CCOc1ncc(NS(=O)(=O)c2ccccc2F)cn1. The summed E-state index contributed by atoms with van der Waals surface area (Å²) in [6.45, 7) is 2.18. The molecule has 0 aliphatic rings. The van der Waals surface area contributed by atoms with Crippen LogP contribution in [0.5, 0.6) is 6.01 Å². The second-order valence-corrected chi connectivity index (χ2v) is 5.37. The summed E-state index contributed by atoms with van der Waals surface area (Å²) in [5, 5.41) is 0. The zero-order valence-corrected chi connectivity index (χ0v) is 11.4. The molecule has 0 saturated heterocycles. The van der Waals surface area contributed by atoms with Crippen LogP contribution >= 0.6 is 0 Å². The van der Waals surface area contributed by atoms with Gasteiger partial charge in [-0.3, -0.25) is 4.72 Å². The van der Waals surface area contributed by atoms with Gasteiger partial charge in [0.15, 0.2) is 0 Å². The molecule has 1 N–H and O–H groups in total. The van der Waals surface area contributed by atoms with E-state index in [-0.39, 0.29) is 11.7 Å². The lowest BCUT2D eigenvalue weighted by molar-refractivity contribution is 0.312. The molecule has 0 aliphatic carbocycles. The van der Waals surface area contributed by atoms with Crippen LogP contribution in [0.1, 0.15) is 6.92 Å². The molecule has 0 aliphatic heterocycles. The maximum absolute atomic E-state index is 13.5. The molecule has 0 atom stereocenters. The molecular formula is C12H12FN3O3S. The summed E-state index contributed by atoms with van der Waals surface area (Å²) >= 11 is 0. The third-order valence-electron chi connectivity index (χ3n) is 2.28. The van der Waals surface area contributed by atoms with E-state index in [0.29, 0.717) is 6.61 Å². The van der Waals surface area contributed by atoms with Crippen molar-refractivity contribution in [2.75, 3.05) is 11.3 Å². The van der Waals surface area contributed by atoms with E-state index in [1.54, 1.807) is 6.92 Å². The van der Waals surface area contributed by atoms with Crippen LogP contribution in [0.2, 0.25) is 0 Å². The third kappa shape index (κ3) is 3.21. The summed E-state index contributed by atoms with van der Waals surface area (Å²) in [5.41, 5.74) is 0.122. The fourth-order valence-electron chi connectivity index (χ4n) is 1.45. The van der Waals surface area contributed by atoms with Gasteiger partial charge in [-0.1, -0.05) is 12.1 Å². The molecule has 0 spiro atoms. The zero-order chi connectivity index (χ0) is 14.6. The van der Waals surface area contributed by atoms with Crippen LogP contribution in [-0.2, 0) is 10.0 Å². The Morgan fingerprint density at radius 1 is 1.25 bits per heavy atom. The number of halogens is 1. The molecule has 106 valence electrons. The highest BCUT2D eigenvalue weighted by atomic mass is 32.2. The minimum absolute atomic E-state index is 0.122. The maximum Gasteiger partial charge on any atom is 0.316 e. The number of benzene rings is 1. The number of hydrogen-bond acceptors (Lipinski definition) is 5. The van der Waals surface area contributed by atoms with Gasteiger partial charge in [-0.2, -0.15) is 0 Å². The Labute approximate surface area is 115 Å². The Bertz CT molecular complexity index is 689. The fourth-order valence-corrected chi connectivity index (χ4v) is 2.55. The zero-order valence-electron chi connectivity index (χ0n) is 10.6. The number of nitrogens with one attached hydrogen (secondary N) is 1. The van der Waals surface area contributed by atoms with Crippen molar-refractivity contribution in [3.8, 4) is 6.01 Å². The highest BCUT2D eigenvalue weighted by Crippen LogP contribution is 2.18. The highest BCUT2D eigenvalue weighted by Gasteiger charge is 2.18. The third-order valence-corrected chi connectivity index (χ3v) is 3.69. The van der Waals surface area contributed by atoms with E-state index in [1.165, 1.54) is 30.6 Å². The first kappa shape index (κ1) is 14.2. The Morgan fingerprint density at radius 3 is 2.50 bits per heavy atom. The van der Waals surface area contributed by atoms with Crippen LogP contribution in [0.4, 0.5) is 10.1 Å². The van der Waals surface area contributed by atoms with Crippen molar-refractivity contribution >= 4 is 15.7 Å². The minimum Gasteiger partial charge on any atom is -0.464 e. The number of rotatable bonds is 5. The summed E-state index contributed by atoms with van der Waals surface area (Å²) in [6.07, 6.45) is 2.49. The number of nitrogens with zero attached hydrogens (tertiary/aromatic N) is 2. The molecule has 0 amide bonds. The summed E-state index contributed by atoms with van der Waals surface area (Å²) in [7, 11) is -4.01. The van der Waals surface area contributed by atoms with Gasteiger partial charge in [-0.05, 0) is 19.1 Å². The average Bonchev–Trinajstić information content (AvgIpc) is 2.41. The first-order chi connectivity index (χ1) is 9.53. The van der Waals surface area contributed by atoms with Crippen molar-refractivity contribution in [3.05, 3.63) is 42.5 Å². The van der Waals surface area contributed by atoms with Crippen LogP contribution in [0.15, 0.2) is 41.6 Å². The fraction of sp³-hybridized carbons (Fsp3) is 0.167. The summed E-state index contributed by atoms with van der Waals surface area (Å²) < 4.78 is 44.7. The molecular weight excluding hydrogens is 285 g/mol. The van der Waals surface area contributed by atoms with Gasteiger partial charge in [0.05, 0.1) is 24.7 Å². The molecule has 1 heterocycles. The quantitative estimate of drug-likeness (QED) is 0.910. The van der Waals surface area contributed by atoms with Crippen molar-refractivity contribution in [2.24, 2.45) is 0 Å². The highest BCUT2D eigenvalue weighted by molar-refractivity contribution is 7.92. The second kappa shape index (κ2) is 5.83. The number of ether oxygens (including phenoxy) is 1. The van der Waals surface area contributed by atoms with Gasteiger partial charge < -0.3 is 4.74 Å². The van der Waals surface area contributed by atoms with Gasteiger partial charge in [0.1, 0.15) is 10.7 Å². The minimum atomic E-state index is -4.01. The summed E-state index contributed by atoms with van der Waals surface area (Å²) in [4.78, 5) is 7.19. The van der Waals surface area contributed by atoms with E-state index >= 15 is 0 Å². The lowest BCUT2D eigenvalue weighted by Crippen LogP contribution is -2.15. The van der Waals surface area contributed by atoms with Gasteiger partial charge in [0, 0.05) is 0 Å². The number of sulfonamides is 1. The smallest absolute Gasteiger partial charge is 0.316 e. The van der Waals surface area contributed by atoms with Crippen molar-refractivity contribution in [1.82, 2.24) is 9.97 Å². The first-order valence-corrected chi connectivity index (χ1v) is 7.23. The van der Waals surface area contributed by atoms with Gasteiger partial charge in [0.25, 0.3) is 10.0 Å². The Kier molecular flexibility index (Phi) is 4.14. The molecule has 8 heteroatoms. The standard InChI is InChI=1S/C12H12FN3O3S/c1-2-19-12-14-7-9(8-15-12)16-20(17,18)11-6-4-3-5-10(11)13/h3-8,16H,2H2,1H3. The lowest BCUT2D eigenvalue weighted by atomic mass is 10.4. The Morgan fingerprint density at radius 2 is 1.90 bits per heavy atom. The van der Waals surface area contributed by atoms with Crippen LogP contribution < -0.4 is 9.46 Å². The summed E-state index contributed by atoms with van der Waals surface area (Å²) in [5.74, 6) is -0.827. The molecule has 0 bridgehead atoms. The van der Waals surface area contributed by atoms with Gasteiger partial charge in [-0.25, -0.2) is 22.8 Å². The molecule has 0 radical (unpaired) electrons. The van der Waals surface area contributed by atoms with E-state index < -0.39 is 20.7 Å². The van der Waals surface area contributed by atoms with E-state index in [9.17, 15) is 12.8 Å². The molecule has 0 unspecified atom stereocenters. The molecule has 20 heavy (non-hydrogen) atoms. The van der Waals surface area contributed by atoms with Crippen molar-refractivity contribution in [2.45, 2.75) is 11.8 Å². The maximum atomic E-state index is 13.5. The Balaban J connectivity index is 2.22. The number of hydrogen-bond donors (Lipinski definition) is 1. The van der Waals surface area contributed by atoms with E-state index in [4.69, 9.17) is 4.74 Å². The largest absolute Gasteiger partial charge is 0.464 e. The average molecular weight is 297 g/mol. The van der Waals surface area contributed by atoms with Crippen molar-refractivity contribution in [3.63, 3.8) is 0 Å². The molecule has 0 saturated carbocycles. The van der Waals surface area contributed by atoms with Gasteiger partial charge >= 0.3 is 6.01 Å².